The van der Waals surface area contributed by atoms with Crippen LogP contribution in [0, 0.1) is 18.8 Å². The van der Waals surface area contributed by atoms with Crippen LogP contribution in [0.5, 0.6) is 5.75 Å². The van der Waals surface area contributed by atoms with Gasteiger partial charge in [0.25, 0.3) is 0 Å². The van der Waals surface area contributed by atoms with Gasteiger partial charge >= 0.3 is 0 Å². The fourth-order valence-corrected chi connectivity index (χ4v) is 3.59. The standard InChI is InChI=1S/C19H25ClN2O3/c1-12-9-16(17(25-2)11-15(12)20)21-18(23)13-10-14(13)19(24)22-7-5-3-4-6-8-22/h9,11,13-14H,3-8,10H2,1-2H3,(H,21,23). The van der Waals surface area contributed by atoms with Crippen LogP contribution in [0.1, 0.15) is 37.7 Å². The molecule has 1 aliphatic heterocycles. The highest BCUT2D eigenvalue weighted by Crippen LogP contribution is 2.42. The molecule has 136 valence electrons. The lowest BCUT2D eigenvalue weighted by Gasteiger charge is -2.20. The second-order valence-electron chi connectivity index (χ2n) is 6.98. The van der Waals surface area contributed by atoms with E-state index in [1.807, 2.05) is 11.8 Å². The van der Waals surface area contributed by atoms with Crippen molar-refractivity contribution in [2.75, 3.05) is 25.5 Å². The van der Waals surface area contributed by atoms with Gasteiger partial charge < -0.3 is 15.0 Å². The first-order chi connectivity index (χ1) is 12.0. The number of hydrogen-bond donors (Lipinski definition) is 1. The van der Waals surface area contributed by atoms with Crippen LogP contribution in [-0.4, -0.2) is 36.9 Å². The third-order valence-corrected chi connectivity index (χ3v) is 5.51. The Morgan fingerprint density at radius 1 is 1.16 bits per heavy atom. The second-order valence-corrected chi connectivity index (χ2v) is 7.39. The Morgan fingerprint density at radius 2 is 1.84 bits per heavy atom. The molecule has 1 aromatic carbocycles. The Morgan fingerprint density at radius 3 is 2.48 bits per heavy atom. The maximum absolute atomic E-state index is 12.6. The monoisotopic (exact) mass is 364 g/mol. The number of anilines is 1. The molecule has 1 saturated heterocycles. The van der Waals surface area contributed by atoms with Crippen LogP contribution >= 0.6 is 11.6 Å². The Kier molecular flexibility index (Phi) is 5.52. The quantitative estimate of drug-likeness (QED) is 0.887. The molecule has 1 aromatic rings. The molecular formula is C19H25ClN2O3. The van der Waals surface area contributed by atoms with E-state index in [0.717, 1.165) is 31.5 Å². The Hall–Kier alpha value is -1.75. The lowest BCUT2D eigenvalue weighted by molar-refractivity contribution is -0.134. The number of likely N-dealkylation sites (tertiary alicyclic amines) is 1. The molecule has 25 heavy (non-hydrogen) atoms. The highest BCUT2D eigenvalue weighted by atomic mass is 35.5. The van der Waals surface area contributed by atoms with Gasteiger partial charge in [0.15, 0.2) is 0 Å². The maximum Gasteiger partial charge on any atom is 0.228 e. The summed E-state index contributed by atoms with van der Waals surface area (Å²) in [5, 5.41) is 3.49. The van der Waals surface area contributed by atoms with Gasteiger partial charge in [0.1, 0.15) is 5.75 Å². The first-order valence-electron chi connectivity index (χ1n) is 8.95. The van der Waals surface area contributed by atoms with Gasteiger partial charge in [-0.05, 0) is 37.8 Å². The number of benzene rings is 1. The Balaban J connectivity index is 1.62. The molecular weight excluding hydrogens is 340 g/mol. The first kappa shape index (κ1) is 18.1. The number of aryl methyl sites for hydroxylation is 1. The van der Waals surface area contributed by atoms with E-state index < -0.39 is 0 Å². The normalized spacial score (nSPS) is 22.9. The van der Waals surface area contributed by atoms with Crippen molar-refractivity contribution in [3.8, 4) is 5.75 Å². The van der Waals surface area contributed by atoms with Crippen LogP contribution in [0.25, 0.3) is 0 Å². The Labute approximate surface area is 153 Å². The van der Waals surface area contributed by atoms with Gasteiger partial charge in [0, 0.05) is 24.2 Å². The molecule has 0 bridgehead atoms. The smallest absolute Gasteiger partial charge is 0.228 e. The van der Waals surface area contributed by atoms with Crippen molar-refractivity contribution in [1.82, 2.24) is 4.90 Å². The number of hydrogen-bond acceptors (Lipinski definition) is 3. The zero-order valence-electron chi connectivity index (χ0n) is 14.8. The number of rotatable bonds is 4. The maximum atomic E-state index is 12.6. The first-order valence-corrected chi connectivity index (χ1v) is 9.33. The number of nitrogens with one attached hydrogen (secondary N) is 1. The topological polar surface area (TPSA) is 58.6 Å². The Bertz CT molecular complexity index is 669. The number of amides is 2. The molecule has 1 heterocycles. The molecule has 3 rings (SSSR count). The van der Waals surface area contributed by atoms with Gasteiger partial charge in [-0.3, -0.25) is 9.59 Å². The minimum Gasteiger partial charge on any atom is -0.495 e. The molecule has 2 atom stereocenters. The average molecular weight is 365 g/mol. The summed E-state index contributed by atoms with van der Waals surface area (Å²) in [7, 11) is 1.54. The van der Waals surface area contributed by atoms with Crippen molar-refractivity contribution in [2.24, 2.45) is 11.8 Å². The predicted molar refractivity (Wildman–Crippen MR) is 98.0 cm³/mol. The number of methoxy groups -OCH3 is 1. The number of ether oxygens (including phenoxy) is 1. The van der Waals surface area contributed by atoms with Gasteiger partial charge in [0.05, 0.1) is 24.6 Å². The van der Waals surface area contributed by atoms with E-state index in [4.69, 9.17) is 16.3 Å². The molecule has 0 aromatic heterocycles. The van der Waals surface area contributed by atoms with Gasteiger partial charge in [-0.1, -0.05) is 24.4 Å². The summed E-state index contributed by atoms with van der Waals surface area (Å²) in [4.78, 5) is 27.1. The van der Waals surface area contributed by atoms with Crippen LogP contribution in [0.4, 0.5) is 5.69 Å². The summed E-state index contributed by atoms with van der Waals surface area (Å²) in [6.45, 7) is 3.53. The third kappa shape index (κ3) is 4.09. The highest BCUT2D eigenvalue weighted by Gasteiger charge is 2.49. The summed E-state index contributed by atoms with van der Waals surface area (Å²) < 4.78 is 5.29. The SMILES string of the molecule is COc1cc(Cl)c(C)cc1NC(=O)C1CC1C(=O)N1CCCCCC1. The summed E-state index contributed by atoms with van der Waals surface area (Å²) in [5.41, 5.74) is 1.47. The van der Waals surface area contributed by atoms with Crippen molar-refractivity contribution in [2.45, 2.75) is 39.0 Å². The molecule has 2 unspecified atom stereocenters. The number of halogens is 1. The molecule has 0 spiro atoms. The number of carbonyl (C=O) groups is 2. The average Bonchev–Trinajstić information content (AvgIpc) is 3.41. The molecule has 1 saturated carbocycles. The lowest BCUT2D eigenvalue weighted by Crippen LogP contribution is -2.34. The van der Waals surface area contributed by atoms with Crippen LogP contribution in [0.3, 0.4) is 0 Å². The fourth-order valence-electron chi connectivity index (χ4n) is 3.44. The highest BCUT2D eigenvalue weighted by molar-refractivity contribution is 6.31. The van der Waals surface area contributed by atoms with Gasteiger partial charge in [-0.2, -0.15) is 0 Å². The summed E-state index contributed by atoms with van der Waals surface area (Å²) in [6, 6.07) is 3.49. The number of carbonyl (C=O) groups excluding carboxylic acids is 2. The fraction of sp³-hybridized carbons (Fsp3) is 0.579. The van der Waals surface area contributed by atoms with E-state index in [2.05, 4.69) is 5.32 Å². The third-order valence-electron chi connectivity index (χ3n) is 5.10. The van der Waals surface area contributed by atoms with Crippen molar-refractivity contribution in [1.29, 1.82) is 0 Å². The van der Waals surface area contributed by atoms with Crippen LogP contribution < -0.4 is 10.1 Å². The molecule has 1 N–H and O–H groups in total. The van der Waals surface area contributed by atoms with Gasteiger partial charge in [-0.25, -0.2) is 0 Å². The summed E-state index contributed by atoms with van der Waals surface area (Å²) in [6.07, 6.45) is 5.14. The minimum absolute atomic E-state index is 0.117. The molecule has 0 radical (unpaired) electrons. The van der Waals surface area contributed by atoms with Crippen LogP contribution in [-0.2, 0) is 9.59 Å². The van der Waals surface area contributed by atoms with Crippen LogP contribution in [0.15, 0.2) is 12.1 Å². The second kappa shape index (κ2) is 7.65. The lowest BCUT2D eigenvalue weighted by atomic mass is 10.2. The largest absolute Gasteiger partial charge is 0.495 e. The minimum atomic E-state index is -0.239. The van der Waals surface area contributed by atoms with E-state index in [1.54, 1.807) is 19.2 Å². The van der Waals surface area contributed by atoms with Crippen molar-refractivity contribution >= 4 is 29.1 Å². The van der Waals surface area contributed by atoms with Crippen molar-refractivity contribution < 1.29 is 14.3 Å². The zero-order chi connectivity index (χ0) is 18.0. The van der Waals surface area contributed by atoms with E-state index in [1.165, 1.54) is 12.8 Å². The molecule has 2 amide bonds. The van der Waals surface area contributed by atoms with E-state index in [0.29, 0.717) is 22.9 Å². The van der Waals surface area contributed by atoms with E-state index in [9.17, 15) is 9.59 Å². The van der Waals surface area contributed by atoms with Crippen LogP contribution in [0.2, 0.25) is 5.02 Å². The zero-order valence-corrected chi connectivity index (χ0v) is 15.6. The van der Waals surface area contributed by atoms with Crippen molar-refractivity contribution in [3.63, 3.8) is 0 Å². The summed E-state index contributed by atoms with van der Waals surface area (Å²) >= 11 is 6.10. The molecule has 1 aliphatic carbocycles. The number of nitrogens with zero attached hydrogens (tertiary/aromatic N) is 1. The molecule has 5 nitrogen and oxygen atoms in total. The predicted octanol–water partition coefficient (Wildman–Crippen LogP) is 3.63. The summed E-state index contributed by atoms with van der Waals surface area (Å²) in [5.74, 6) is 0.142. The molecule has 6 heteroatoms. The molecule has 2 fully saturated rings. The van der Waals surface area contributed by atoms with Gasteiger partial charge in [0.2, 0.25) is 11.8 Å². The van der Waals surface area contributed by atoms with E-state index in [-0.39, 0.29) is 23.7 Å². The molecule has 2 aliphatic rings. The van der Waals surface area contributed by atoms with Crippen molar-refractivity contribution in [3.05, 3.63) is 22.7 Å². The van der Waals surface area contributed by atoms with Gasteiger partial charge in [-0.15, -0.1) is 0 Å². The van der Waals surface area contributed by atoms with E-state index >= 15 is 0 Å².